The van der Waals surface area contributed by atoms with Gasteiger partial charge in [0.1, 0.15) is 11.6 Å². The molecule has 0 spiro atoms. The van der Waals surface area contributed by atoms with Gasteiger partial charge >= 0.3 is 0 Å². The van der Waals surface area contributed by atoms with E-state index in [0.29, 0.717) is 17.1 Å². The fourth-order valence-electron chi connectivity index (χ4n) is 2.89. The van der Waals surface area contributed by atoms with Crippen molar-refractivity contribution >= 4 is 40.8 Å². The molecule has 0 saturated carbocycles. The second kappa shape index (κ2) is 10.3. The maximum Gasteiger partial charge on any atom is 0.243 e. The number of benzene rings is 3. The van der Waals surface area contributed by atoms with Crippen LogP contribution in [0.2, 0.25) is 0 Å². The fraction of sp³-hybridized carbons (Fsp3) is 0.0833. The summed E-state index contributed by atoms with van der Waals surface area (Å²) in [5, 5.41) is 11.6. The third-order valence-corrected chi connectivity index (χ3v) is 4.58. The number of rotatable bonds is 8. The standard InChI is InChI=1S/C24H21F2N7O/c1-15-2-8-18(9-3-15)28-21(34)14-27-22-31-23(29-19-10-4-16(25)5-11-19)33-24(32-22)30-20-12-6-17(26)7-13-20/h2-13H,14H2,1H3,(H,28,34)(H3,27,29,30,31,32,33). The summed E-state index contributed by atoms with van der Waals surface area (Å²) in [6.45, 7) is 1.87. The van der Waals surface area contributed by atoms with Crippen molar-refractivity contribution in [3.63, 3.8) is 0 Å². The molecule has 1 heterocycles. The summed E-state index contributed by atoms with van der Waals surface area (Å²) in [5.74, 6) is -0.586. The van der Waals surface area contributed by atoms with Crippen LogP contribution in [0.1, 0.15) is 5.56 Å². The quantitative estimate of drug-likeness (QED) is 0.293. The van der Waals surface area contributed by atoms with Gasteiger partial charge in [-0.15, -0.1) is 0 Å². The number of anilines is 6. The third-order valence-electron chi connectivity index (χ3n) is 4.58. The Kier molecular flexibility index (Phi) is 6.87. The monoisotopic (exact) mass is 461 g/mol. The van der Waals surface area contributed by atoms with Crippen molar-refractivity contribution in [3.05, 3.63) is 90.0 Å². The van der Waals surface area contributed by atoms with Crippen molar-refractivity contribution in [2.45, 2.75) is 6.92 Å². The molecule has 4 N–H and O–H groups in total. The fourth-order valence-corrected chi connectivity index (χ4v) is 2.89. The molecule has 0 fully saturated rings. The summed E-state index contributed by atoms with van der Waals surface area (Å²) in [7, 11) is 0. The van der Waals surface area contributed by atoms with Gasteiger partial charge < -0.3 is 21.3 Å². The average molecular weight is 461 g/mol. The molecular formula is C24H21F2N7O. The average Bonchev–Trinajstić information content (AvgIpc) is 2.82. The molecule has 4 rings (SSSR count). The minimum Gasteiger partial charge on any atom is -0.345 e. The van der Waals surface area contributed by atoms with Crippen molar-refractivity contribution in [3.8, 4) is 0 Å². The van der Waals surface area contributed by atoms with Crippen molar-refractivity contribution in [2.75, 3.05) is 27.8 Å². The normalized spacial score (nSPS) is 10.4. The van der Waals surface area contributed by atoms with Crippen LogP contribution in [0.4, 0.5) is 43.7 Å². The van der Waals surface area contributed by atoms with Gasteiger partial charge in [-0.2, -0.15) is 15.0 Å². The van der Waals surface area contributed by atoms with E-state index in [9.17, 15) is 13.6 Å². The van der Waals surface area contributed by atoms with Gasteiger partial charge in [-0.05, 0) is 67.6 Å². The number of carbonyl (C=O) groups excluding carboxylic acids is 1. The summed E-state index contributed by atoms with van der Waals surface area (Å²) in [6, 6.07) is 18.8. The summed E-state index contributed by atoms with van der Waals surface area (Å²) >= 11 is 0. The zero-order chi connectivity index (χ0) is 23.9. The Bertz CT molecular complexity index is 1200. The lowest BCUT2D eigenvalue weighted by atomic mass is 10.2. The Morgan fingerprint density at radius 1 is 0.676 bits per heavy atom. The second-order valence-electron chi connectivity index (χ2n) is 7.34. The Morgan fingerprint density at radius 2 is 1.12 bits per heavy atom. The smallest absolute Gasteiger partial charge is 0.243 e. The highest BCUT2D eigenvalue weighted by Crippen LogP contribution is 2.19. The molecule has 10 heteroatoms. The predicted molar refractivity (Wildman–Crippen MR) is 127 cm³/mol. The largest absolute Gasteiger partial charge is 0.345 e. The van der Waals surface area contributed by atoms with E-state index in [-0.39, 0.29) is 41.9 Å². The lowest BCUT2D eigenvalue weighted by molar-refractivity contribution is -0.114. The van der Waals surface area contributed by atoms with E-state index < -0.39 is 0 Å². The number of halogens is 2. The molecular weight excluding hydrogens is 440 g/mol. The molecule has 0 radical (unpaired) electrons. The number of aryl methyl sites for hydroxylation is 1. The Morgan fingerprint density at radius 3 is 1.62 bits per heavy atom. The lowest BCUT2D eigenvalue weighted by Gasteiger charge is -2.12. The Hall–Kier alpha value is -4.60. The molecule has 0 unspecified atom stereocenters. The summed E-state index contributed by atoms with van der Waals surface area (Å²) in [6.07, 6.45) is 0. The minimum absolute atomic E-state index is 0.0934. The number of carbonyl (C=O) groups is 1. The SMILES string of the molecule is Cc1ccc(NC(=O)CNc2nc(Nc3ccc(F)cc3)nc(Nc3ccc(F)cc3)n2)cc1. The van der Waals surface area contributed by atoms with Crippen LogP contribution in [-0.2, 0) is 4.79 Å². The molecule has 4 aromatic rings. The number of nitrogens with one attached hydrogen (secondary N) is 4. The molecule has 34 heavy (non-hydrogen) atoms. The van der Waals surface area contributed by atoms with Crippen LogP contribution in [-0.4, -0.2) is 27.4 Å². The third kappa shape index (κ3) is 6.45. The first kappa shape index (κ1) is 22.6. The van der Waals surface area contributed by atoms with E-state index in [1.165, 1.54) is 48.5 Å². The molecule has 0 bridgehead atoms. The Labute approximate surface area is 194 Å². The van der Waals surface area contributed by atoms with E-state index >= 15 is 0 Å². The molecule has 1 amide bonds. The van der Waals surface area contributed by atoms with Gasteiger partial charge in [0, 0.05) is 17.1 Å². The zero-order valence-corrected chi connectivity index (χ0v) is 18.1. The van der Waals surface area contributed by atoms with Gasteiger partial charge in [0.25, 0.3) is 0 Å². The summed E-state index contributed by atoms with van der Waals surface area (Å²) in [5.41, 5.74) is 2.88. The van der Waals surface area contributed by atoms with Gasteiger partial charge in [-0.3, -0.25) is 4.79 Å². The van der Waals surface area contributed by atoms with Crippen LogP contribution >= 0.6 is 0 Å². The van der Waals surface area contributed by atoms with Crippen LogP contribution in [0.3, 0.4) is 0 Å². The van der Waals surface area contributed by atoms with E-state index in [2.05, 4.69) is 36.2 Å². The van der Waals surface area contributed by atoms with E-state index in [1.807, 2.05) is 31.2 Å². The van der Waals surface area contributed by atoms with Gasteiger partial charge in [-0.25, -0.2) is 8.78 Å². The molecule has 8 nitrogen and oxygen atoms in total. The Balaban J connectivity index is 1.50. The molecule has 3 aromatic carbocycles. The summed E-state index contributed by atoms with van der Waals surface area (Å²) < 4.78 is 26.4. The van der Waals surface area contributed by atoms with Crippen LogP contribution in [0, 0.1) is 18.6 Å². The van der Waals surface area contributed by atoms with Gasteiger partial charge in [0.15, 0.2) is 0 Å². The van der Waals surface area contributed by atoms with Crippen molar-refractivity contribution in [1.29, 1.82) is 0 Å². The van der Waals surface area contributed by atoms with Crippen LogP contribution in [0.5, 0.6) is 0 Å². The zero-order valence-electron chi connectivity index (χ0n) is 18.1. The summed E-state index contributed by atoms with van der Waals surface area (Å²) in [4.78, 5) is 25.2. The maximum atomic E-state index is 13.2. The van der Waals surface area contributed by atoms with Crippen molar-refractivity contribution in [1.82, 2.24) is 15.0 Å². The molecule has 0 aliphatic heterocycles. The maximum absolute atomic E-state index is 13.2. The first-order valence-electron chi connectivity index (χ1n) is 10.3. The van der Waals surface area contributed by atoms with Gasteiger partial charge in [0.2, 0.25) is 23.8 Å². The van der Waals surface area contributed by atoms with Crippen LogP contribution in [0.25, 0.3) is 0 Å². The molecule has 0 saturated heterocycles. The molecule has 0 atom stereocenters. The highest BCUT2D eigenvalue weighted by atomic mass is 19.1. The molecule has 0 aliphatic carbocycles. The highest BCUT2D eigenvalue weighted by Gasteiger charge is 2.10. The van der Waals surface area contributed by atoms with Crippen LogP contribution < -0.4 is 21.3 Å². The second-order valence-corrected chi connectivity index (χ2v) is 7.34. The molecule has 1 aromatic heterocycles. The number of hydrogen-bond acceptors (Lipinski definition) is 7. The first-order valence-corrected chi connectivity index (χ1v) is 10.3. The number of aromatic nitrogens is 3. The lowest BCUT2D eigenvalue weighted by Crippen LogP contribution is -2.23. The number of hydrogen-bond donors (Lipinski definition) is 4. The first-order chi connectivity index (χ1) is 16.4. The highest BCUT2D eigenvalue weighted by molar-refractivity contribution is 5.93. The van der Waals surface area contributed by atoms with E-state index in [4.69, 9.17) is 0 Å². The number of amides is 1. The van der Waals surface area contributed by atoms with Crippen molar-refractivity contribution in [2.24, 2.45) is 0 Å². The predicted octanol–water partition coefficient (Wildman–Crippen LogP) is 5.00. The topological polar surface area (TPSA) is 104 Å². The van der Waals surface area contributed by atoms with E-state index in [0.717, 1.165) is 5.56 Å². The minimum atomic E-state index is -0.373. The van der Waals surface area contributed by atoms with Crippen molar-refractivity contribution < 1.29 is 13.6 Å². The molecule has 172 valence electrons. The van der Waals surface area contributed by atoms with Crippen LogP contribution in [0.15, 0.2) is 72.8 Å². The van der Waals surface area contributed by atoms with E-state index in [1.54, 1.807) is 0 Å². The van der Waals surface area contributed by atoms with Gasteiger partial charge in [0.05, 0.1) is 6.54 Å². The number of nitrogens with zero attached hydrogens (tertiary/aromatic N) is 3. The molecule has 0 aliphatic rings. The van der Waals surface area contributed by atoms with Gasteiger partial charge in [-0.1, -0.05) is 17.7 Å².